The van der Waals surface area contributed by atoms with Crippen molar-refractivity contribution in [2.45, 2.75) is 25.8 Å². The smallest absolute Gasteiger partial charge is 0.251 e. The zero-order valence-corrected chi connectivity index (χ0v) is 12.7. The Morgan fingerprint density at radius 3 is 2.71 bits per heavy atom. The molecule has 0 aromatic heterocycles. The van der Waals surface area contributed by atoms with E-state index in [2.05, 4.69) is 5.32 Å². The van der Waals surface area contributed by atoms with Crippen LogP contribution >= 0.6 is 34.2 Å². The third-order valence-corrected chi connectivity index (χ3v) is 3.48. The Morgan fingerprint density at radius 2 is 2.18 bits per heavy atom. The van der Waals surface area contributed by atoms with Gasteiger partial charge >= 0.3 is 0 Å². The lowest BCUT2D eigenvalue weighted by atomic mass is 10.0. The van der Waals surface area contributed by atoms with Crippen molar-refractivity contribution in [2.24, 2.45) is 0 Å². The van der Waals surface area contributed by atoms with E-state index >= 15 is 0 Å². The molecule has 0 fully saturated rings. The maximum Gasteiger partial charge on any atom is 0.251 e. The average Bonchev–Trinajstić information content (AvgIpc) is 2.21. The van der Waals surface area contributed by atoms with Crippen LogP contribution in [0.5, 0.6) is 5.75 Å². The van der Waals surface area contributed by atoms with Gasteiger partial charge in [-0.2, -0.15) is 0 Å². The van der Waals surface area contributed by atoms with Gasteiger partial charge in [0.05, 0.1) is 3.57 Å². The summed E-state index contributed by atoms with van der Waals surface area (Å²) in [6.07, 6.45) is 0.691. The highest BCUT2D eigenvalue weighted by molar-refractivity contribution is 14.1. The second kappa shape index (κ2) is 5.91. The van der Waals surface area contributed by atoms with Gasteiger partial charge in [0.25, 0.3) is 5.91 Å². The molecular formula is C12H15ClINO2. The van der Waals surface area contributed by atoms with E-state index in [4.69, 9.17) is 11.6 Å². The van der Waals surface area contributed by atoms with Crippen LogP contribution in [0.4, 0.5) is 0 Å². The van der Waals surface area contributed by atoms with E-state index in [-0.39, 0.29) is 17.2 Å². The molecule has 1 aromatic rings. The number of halogens is 2. The molecule has 0 aliphatic rings. The Bertz CT molecular complexity index is 421. The van der Waals surface area contributed by atoms with Crippen LogP contribution in [0.25, 0.3) is 0 Å². The van der Waals surface area contributed by atoms with Crippen molar-refractivity contribution in [3.63, 3.8) is 0 Å². The average molecular weight is 368 g/mol. The van der Waals surface area contributed by atoms with Gasteiger partial charge in [-0.05, 0) is 61.1 Å². The van der Waals surface area contributed by atoms with Crippen LogP contribution < -0.4 is 5.32 Å². The molecule has 1 rings (SSSR count). The summed E-state index contributed by atoms with van der Waals surface area (Å²) in [7, 11) is 0. The van der Waals surface area contributed by atoms with Gasteiger partial charge in [-0.25, -0.2) is 0 Å². The Labute approximate surface area is 120 Å². The Kier molecular flexibility index (Phi) is 5.06. The molecule has 2 N–H and O–H groups in total. The summed E-state index contributed by atoms with van der Waals surface area (Å²) in [6, 6.07) is 4.86. The molecule has 0 bridgehead atoms. The van der Waals surface area contributed by atoms with E-state index in [1.54, 1.807) is 12.1 Å². The zero-order chi connectivity index (χ0) is 13.1. The monoisotopic (exact) mass is 367 g/mol. The number of aromatic hydroxyl groups is 1. The van der Waals surface area contributed by atoms with Gasteiger partial charge in [-0.3, -0.25) is 4.79 Å². The molecular weight excluding hydrogens is 352 g/mol. The molecule has 1 aromatic carbocycles. The van der Waals surface area contributed by atoms with E-state index in [1.807, 2.05) is 36.4 Å². The topological polar surface area (TPSA) is 49.3 Å². The molecule has 0 unspecified atom stereocenters. The minimum absolute atomic E-state index is 0.119. The third-order valence-electron chi connectivity index (χ3n) is 2.38. The van der Waals surface area contributed by atoms with E-state index in [0.29, 0.717) is 17.9 Å². The maximum atomic E-state index is 11.9. The highest BCUT2D eigenvalue weighted by Gasteiger charge is 2.20. The van der Waals surface area contributed by atoms with Crippen molar-refractivity contribution in [1.29, 1.82) is 0 Å². The predicted octanol–water partition coefficient (Wildman–Crippen LogP) is 3.13. The number of amides is 1. The fourth-order valence-electron chi connectivity index (χ4n) is 1.33. The molecule has 0 saturated carbocycles. The van der Waals surface area contributed by atoms with E-state index in [0.717, 1.165) is 3.57 Å². The molecule has 0 radical (unpaired) electrons. The lowest BCUT2D eigenvalue weighted by Gasteiger charge is -2.25. The Morgan fingerprint density at radius 1 is 1.53 bits per heavy atom. The summed E-state index contributed by atoms with van der Waals surface area (Å²) in [4.78, 5) is 11.9. The van der Waals surface area contributed by atoms with Crippen LogP contribution in [0.2, 0.25) is 0 Å². The molecule has 1 amide bonds. The van der Waals surface area contributed by atoms with Gasteiger partial charge in [0.1, 0.15) is 5.75 Å². The van der Waals surface area contributed by atoms with E-state index < -0.39 is 0 Å². The Balaban J connectivity index is 2.80. The van der Waals surface area contributed by atoms with E-state index in [1.165, 1.54) is 6.07 Å². The summed E-state index contributed by atoms with van der Waals surface area (Å²) in [6.45, 7) is 3.83. The van der Waals surface area contributed by atoms with Gasteiger partial charge in [0.2, 0.25) is 0 Å². The molecule has 0 heterocycles. The molecule has 17 heavy (non-hydrogen) atoms. The summed E-state index contributed by atoms with van der Waals surface area (Å²) in [5.74, 6) is 0.408. The fourth-order valence-corrected chi connectivity index (χ4v) is 2.14. The van der Waals surface area contributed by atoms with Crippen molar-refractivity contribution < 1.29 is 9.90 Å². The first-order valence-corrected chi connectivity index (χ1v) is 6.84. The predicted molar refractivity (Wildman–Crippen MR) is 77.7 cm³/mol. The van der Waals surface area contributed by atoms with Crippen molar-refractivity contribution in [2.75, 3.05) is 5.88 Å². The van der Waals surface area contributed by atoms with Crippen molar-refractivity contribution in [1.82, 2.24) is 5.32 Å². The largest absolute Gasteiger partial charge is 0.507 e. The first-order valence-electron chi connectivity index (χ1n) is 5.23. The number of benzene rings is 1. The second-order valence-corrected chi connectivity index (χ2v) is 5.98. The molecule has 0 spiro atoms. The summed E-state index contributed by atoms with van der Waals surface area (Å²) in [5, 5.41) is 12.4. The zero-order valence-electron chi connectivity index (χ0n) is 9.76. The van der Waals surface area contributed by atoms with E-state index in [9.17, 15) is 9.90 Å². The first-order chi connectivity index (χ1) is 7.85. The molecule has 5 heteroatoms. The number of hydrogen-bond acceptors (Lipinski definition) is 2. The number of phenolic OH excluding ortho intramolecular Hbond substituents is 1. The molecule has 0 aliphatic carbocycles. The molecule has 0 atom stereocenters. The van der Waals surface area contributed by atoms with Crippen LogP contribution in [0, 0.1) is 3.57 Å². The second-order valence-electron chi connectivity index (χ2n) is 4.44. The van der Waals surface area contributed by atoms with Gasteiger partial charge in [0, 0.05) is 17.0 Å². The normalized spacial score (nSPS) is 11.3. The quantitative estimate of drug-likeness (QED) is 0.634. The standard InChI is InChI=1S/C12H15ClINO2/c1-12(2,5-6-13)15-11(17)8-3-4-9(14)10(16)7-8/h3-4,7,16H,5-6H2,1-2H3,(H,15,17). The molecule has 94 valence electrons. The highest BCUT2D eigenvalue weighted by atomic mass is 127. The van der Waals surface area contributed by atoms with Crippen LogP contribution in [0.1, 0.15) is 30.6 Å². The lowest BCUT2D eigenvalue weighted by Crippen LogP contribution is -2.43. The molecule has 0 saturated heterocycles. The Hall–Kier alpha value is -0.490. The number of alkyl halides is 1. The van der Waals surface area contributed by atoms with Gasteiger partial charge < -0.3 is 10.4 Å². The number of rotatable bonds is 4. The summed E-state index contributed by atoms with van der Waals surface area (Å²) >= 11 is 7.68. The third kappa shape index (κ3) is 4.35. The summed E-state index contributed by atoms with van der Waals surface area (Å²) < 4.78 is 0.721. The van der Waals surface area contributed by atoms with Crippen LogP contribution in [0.15, 0.2) is 18.2 Å². The van der Waals surface area contributed by atoms with Gasteiger partial charge in [-0.1, -0.05) is 0 Å². The minimum atomic E-state index is -0.350. The van der Waals surface area contributed by atoms with Crippen molar-refractivity contribution >= 4 is 40.1 Å². The van der Waals surface area contributed by atoms with Gasteiger partial charge in [0.15, 0.2) is 0 Å². The number of carbonyl (C=O) groups is 1. The number of hydrogen-bond donors (Lipinski definition) is 2. The first kappa shape index (κ1) is 14.6. The minimum Gasteiger partial charge on any atom is -0.507 e. The highest BCUT2D eigenvalue weighted by Crippen LogP contribution is 2.21. The lowest BCUT2D eigenvalue weighted by molar-refractivity contribution is 0.0911. The molecule has 0 aliphatic heterocycles. The van der Waals surface area contributed by atoms with Crippen molar-refractivity contribution in [3.8, 4) is 5.75 Å². The van der Waals surface area contributed by atoms with Crippen LogP contribution in [-0.2, 0) is 0 Å². The fraction of sp³-hybridized carbons (Fsp3) is 0.417. The number of nitrogens with one attached hydrogen (secondary N) is 1. The van der Waals surface area contributed by atoms with Crippen molar-refractivity contribution in [3.05, 3.63) is 27.3 Å². The van der Waals surface area contributed by atoms with Crippen LogP contribution in [0.3, 0.4) is 0 Å². The maximum absolute atomic E-state index is 11.9. The van der Waals surface area contributed by atoms with Gasteiger partial charge in [-0.15, -0.1) is 11.6 Å². The summed E-state index contributed by atoms with van der Waals surface area (Å²) in [5.41, 5.74) is 0.0998. The van der Waals surface area contributed by atoms with Crippen LogP contribution in [-0.4, -0.2) is 22.4 Å². The SMILES string of the molecule is CC(C)(CCCl)NC(=O)c1ccc(I)c(O)c1. The molecule has 3 nitrogen and oxygen atoms in total. The number of phenols is 1. The number of carbonyl (C=O) groups excluding carboxylic acids is 1.